The number of likely N-dealkylation sites (N-methyl/N-ethyl adjacent to an activating group) is 1. The lowest BCUT2D eigenvalue weighted by molar-refractivity contribution is -0.126. The van der Waals surface area contributed by atoms with Crippen LogP contribution < -0.4 is 0 Å². The van der Waals surface area contributed by atoms with Crippen molar-refractivity contribution < 1.29 is 9.53 Å². The average Bonchev–Trinajstić information content (AvgIpc) is 2.06. The van der Waals surface area contributed by atoms with E-state index in [1.165, 1.54) is 11.8 Å². The Morgan fingerprint density at radius 1 is 1.31 bits per heavy atom. The maximum atomic E-state index is 10.1. The Kier molecular flexibility index (Phi) is 6.54. The minimum absolute atomic E-state index is 0.0926. The molecule has 0 saturated carbocycles. The molecule has 0 N–H and O–H groups in total. The second-order valence-corrected chi connectivity index (χ2v) is 3.33. The highest BCUT2D eigenvalue weighted by atomic mass is 16.5. The van der Waals surface area contributed by atoms with E-state index in [0.717, 1.165) is 26.3 Å². The number of ether oxygens (including phenoxy) is 1. The second kappa shape index (κ2) is 6.86. The van der Waals surface area contributed by atoms with Gasteiger partial charge < -0.3 is 14.5 Å². The molecule has 4 heteroatoms. The largest absolute Gasteiger partial charge is 0.379 e. The molecule has 0 bridgehead atoms. The molecule has 0 aromatic heterocycles. The third-order valence-corrected chi connectivity index (χ3v) is 1.86. The molecule has 78 valence electrons. The summed E-state index contributed by atoms with van der Waals surface area (Å²) in [7, 11) is 5.56. The van der Waals surface area contributed by atoms with Crippen LogP contribution in [0.5, 0.6) is 0 Å². The lowest BCUT2D eigenvalue weighted by Gasteiger charge is -2.21. The number of amides is 1. The zero-order chi connectivity index (χ0) is 10.3. The summed E-state index contributed by atoms with van der Waals surface area (Å²) in [6.07, 6.45) is 0. The number of carbonyl (C=O) groups is 1. The Morgan fingerprint density at radius 2 is 1.69 bits per heavy atom. The third kappa shape index (κ3) is 7.74. The minimum Gasteiger partial charge on any atom is -0.379 e. The molecule has 0 aromatic carbocycles. The fraction of sp³-hybridized carbons (Fsp3) is 0.889. The molecule has 0 unspecified atom stereocenters. The van der Waals surface area contributed by atoms with Gasteiger partial charge in [0.2, 0.25) is 5.91 Å². The third-order valence-electron chi connectivity index (χ3n) is 1.86. The Hall–Kier alpha value is -0.610. The molecular weight excluding hydrogens is 168 g/mol. The number of rotatable bonds is 0. The van der Waals surface area contributed by atoms with Crippen molar-refractivity contribution in [2.75, 3.05) is 47.4 Å². The van der Waals surface area contributed by atoms with Crippen LogP contribution in [0, 0.1) is 0 Å². The molecule has 1 heterocycles. The number of morpholine rings is 1. The molecule has 0 radical (unpaired) electrons. The quantitative estimate of drug-likeness (QED) is 0.538. The van der Waals surface area contributed by atoms with Crippen molar-refractivity contribution >= 4 is 5.91 Å². The van der Waals surface area contributed by atoms with Gasteiger partial charge in [0.1, 0.15) is 0 Å². The van der Waals surface area contributed by atoms with Gasteiger partial charge in [0, 0.05) is 34.1 Å². The van der Waals surface area contributed by atoms with Gasteiger partial charge in [-0.2, -0.15) is 0 Å². The predicted octanol–water partition coefficient (Wildman–Crippen LogP) is 0.0429. The Labute approximate surface area is 80.5 Å². The summed E-state index contributed by atoms with van der Waals surface area (Å²) in [5.41, 5.74) is 0. The van der Waals surface area contributed by atoms with E-state index in [1.54, 1.807) is 14.1 Å². The van der Waals surface area contributed by atoms with E-state index in [4.69, 9.17) is 4.74 Å². The SMILES string of the molecule is CC(=O)N(C)C.CN1CCOCC1. The van der Waals surface area contributed by atoms with E-state index >= 15 is 0 Å². The summed E-state index contributed by atoms with van der Waals surface area (Å²) >= 11 is 0. The van der Waals surface area contributed by atoms with Gasteiger partial charge in [-0.25, -0.2) is 0 Å². The highest BCUT2D eigenvalue weighted by Gasteiger charge is 2.02. The number of hydrogen-bond donors (Lipinski definition) is 0. The molecule has 13 heavy (non-hydrogen) atoms. The number of carbonyl (C=O) groups excluding carboxylic acids is 1. The van der Waals surface area contributed by atoms with Crippen molar-refractivity contribution in [3.8, 4) is 0 Å². The van der Waals surface area contributed by atoms with Gasteiger partial charge in [-0.1, -0.05) is 0 Å². The van der Waals surface area contributed by atoms with E-state index in [9.17, 15) is 4.79 Å². The standard InChI is InChI=1S/C5H11NO.C4H9NO/c1-6-2-4-7-5-3-6;1-4(6)5(2)3/h2-5H2,1H3;1-3H3. The highest BCUT2D eigenvalue weighted by molar-refractivity contribution is 5.72. The average molecular weight is 188 g/mol. The molecule has 1 fully saturated rings. The highest BCUT2D eigenvalue weighted by Crippen LogP contribution is 1.89. The van der Waals surface area contributed by atoms with Crippen LogP contribution in [0.1, 0.15) is 6.92 Å². The molecule has 0 atom stereocenters. The first-order chi connectivity index (χ1) is 6.04. The zero-order valence-electron chi connectivity index (χ0n) is 9.04. The summed E-state index contributed by atoms with van der Waals surface area (Å²) in [4.78, 5) is 13.9. The van der Waals surface area contributed by atoms with Gasteiger partial charge >= 0.3 is 0 Å². The smallest absolute Gasteiger partial charge is 0.218 e. The Morgan fingerprint density at radius 3 is 1.85 bits per heavy atom. The molecule has 0 aromatic rings. The molecule has 1 rings (SSSR count). The van der Waals surface area contributed by atoms with Gasteiger partial charge in [-0.15, -0.1) is 0 Å². The second-order valence-electron chi connectivity index (χ2n) is 3.33. The first kappa shape index (κ1) is 12.4. The molecule has 4 nitrogen and oxygen atoms in total. The molecule has 1 aliphatic heterocycles. The number of hydrogen-bond acceptors (Lipinski definition) is 3. The molecular formula is C9H20N2O2. The van der Waals surface area contributed by atoms with Crippen molar-refractivity contribution in [1.82, 2.24) is 9.80 Å². The van der Waals surface area contributed by atoms with Gasteiger partial charge in [0.15, 0.2) is 0 Å². The summed E-state index contributed by atoms with van der Waals surface area (Å²) in [6.45, 7) is 5.55. The lowest BCUT2D eigenvalue weighted by Crippen LogP contribution is -2.32. The van der Waals surface area contributed by atoms with E-state index in [2.05, 4.69) is 11.9 Å². The van der Waals surface area contributed by atoms with Gasteiger partial charge in [-0.3, -0.25) is 4.79 Å². The lowest BCUT2D eigenvalue weighted by atomic mass is 10.5. The maximum absolute atomic E-state index is 10.1. The van der Waals surface area contributed by atoms with Crippen LogP contribution in [0.4, 0.5) is 0 Å². The topological polar surface area (TPSA) is 32.8 Å². The molecule has 1 aliphatic rings. The van der Waals surface area contributed by atoms with Gasteiger partial charge in [0.25, 0.3) is 0 Å². The van der Waals surface area contributed by atoms with Crippen molar-refractivity contribution in [2.45, 2.75) is 6.92 Å². The van der Waals surface area contributed by atoms with E-state index in [0.29, 0.717) is 0 Å². The van der Waals surface area contributed by atoms with E-state index < -0.39 is 0 Å². The Bertz CT molecular complexity index is 143. The normalized spacial score (nSPS) is 17.2. The monoisotopic (exact) mass is 188 g/mol. The fourth-order valence-electron chi connectivity index (χ4n) is 0.655. The van der Waals surface area contributed by atoms with Crippen LogP contribution in [0.15, 0.2) is 0 Å². The van der Waals surface area contributed by atoms with Gasteiger partial charge in [0.05, 0.1) is 13.2 Å². The van der Waals surface area contributed by atoms with Crippen LogP contribution in [0.25, 0.3) is 0 Å². The molecule has 0 spiro atoms. The first-order valence-corrected chi connectivity index (χ1v) is 4.48. The van der Waals surface area contributed by atoms with Crippen molar-refractivity contribution in [3.63, 3.8) is 0 Å². The molecule has 1 amide bonds. The molecule has 0 aliphatic carbocycles. The molecule has 1 saturated heterocycles. The van der Waals surface area contributed by atoms with Crippen molar-refractivity contribution in [2.24, 2.45) is 0 Å². The minimum atomic E-state index is 0.0926. The summed E-state index contributed by atoms with van der Waals surface area (Å²) in [6, 6.07) is 0. The summed E-state index contributed by atoms with van der Waals surface area (Å²) < 4.78 is 5.10. The van der Waals surface area contributed by atoms with E-state index in [-0.39, 0.29) is 5.91 Å². The van der Waals surface area contributed by atoms with Gasteiger partial charge in [-0.05, 0) is 7.05 Å². The van der Waals surface area contributed by atoms with Crippen LogP contribution in [-0.2, 0) is 9.53 Å². The van der Waals surface area contributed by atoms with Crippen molar-refractivity contribution in [3.05, 3.63) is 0 Å². The zero-order valence-corrected chi connectivity index (χ0v) is 9.04. The summed E-state index contributed by atoms with van der Waals surface area (Å²) in [5.74, 6) is 0.0926. The fourth-order valence-corrected chi connectivity index (χ4v) is 0.655. The van der Waals surface area contributed by atoms with Crippen molar-refractivity contribution in [1.29, 1.82) is 0 Å². The van der Waals surface area contributed by atoms with E-state index in [1.807, 2.05) is 0 Å². The maximum Gasteiger partial charge on any atom is 0.218 e. The predicted molar refractivity (Wildman–Crippen MR) is 52.7 cm³/mol. The number of nitrogens with zero attached hydrogens (tertiary/aromatic N) is 2. The summed E-state index contributed by atoms with van der Waals surface area (Å²) in [5, 5.41) is 0. The van der Waals surface area contributed by atoms with Crippen LogP contribution in [0.2, 0.25) is 0 Å². The van der Waals surface area contributed by atoms with Crippen LogP contribution >= 0.6 is 0 Å². The van der Waals surface area contributed by atoms with Crippen LogP contribution in [-0.4, -0.2) is 63.2 Å². The Balaban J connectivity index is 0.000000226. The first-order valence-electron chi connectivity index (χ1n) is 4.48. The van der Waals surface area contributed by atoms with Crippen LogP contribution in [0.3, 0.4) is 0 Å².